The zero-order valence-electron chi connectivity index (χ0n) is 15.8. The van der Waals surface area contributed by atoms with Gasteiger partial charge in [-0.05, 0) is 82.3 Å². The number of benzene rings is 3. The van der Waals surface area contributed by atoms with Crippen LogP contribution in [0.2, 0.25) is 0 Å². The van der Waals surface area contributed by atoms with Crippen molar-refractivity contribution in [1.82, 2.24) is 0 Å². The van der Waals surface area contributed by atoms with Crippen LogP contribution in [0.4, 0.5) is 0 Å². The average Bonchev–Trinajstić information content (AvgIpc) is 3.02. The summed E-state index contributed by atoms with van der Waals surface area (Å²) in [5.41, 5.74) is 11.8. The third-order valence-corrected chi connectivity index (χ3v) is 7.04. The minimum absolute atomic E-state index is 0.0371. The molecule has 0 heterocycles. The predicted molar refractivity (Wildman–Crippen MR) is 113 cm³/mol. The molecule has 0 radical (unpaired) electrons. The zero-order chi connectivity index (χ0) is 18.3. The van der Waals surface area contributed by atoms with Gasteiger partial charge in [0.15, 0.2) is 0 Å². The Bertz CT molecular complexity index is 1070. The second kappa shape index (κ2) is 5.10. The van der Waals surface area contributed by atoms with Crippen LogP contribution >= 0.6 is 15.9 Å². The smallest absolute Gasteiger partial charge is 0.0477 e. The Morgan fingerprint density at radius 3 is 2.19 bits per heavy atom. The number of hydrogen-bond acceptors (Lipinski definition) is 0. The Morgan fingerprint density at radius 2 is 1.42 bits per heavy atom. The third-order valence-electron chi connectivity index (χ3n) is 6.55. The van der Waals surface area contributed by atoms with Gasteiger partial charge >= 0.3 is 0 Å². The van der Waals surface area contributed by atoms with Gasteiger partial charge in [0, 0.05) is 9.89 Å². The second-order valence-electron chi connectivity index (χ2n) is 8.65. The standard InChI is InChI=1S/C25H23Br/c1-15-9-10-16(2)23-22(15)24(3,4)14-25(23)20-8-6-5-7-18(20)19-12-11-17(26)13-21(19)25/h5-13H,14H2,1-4H3. The Balaban J connectivity index is 1.99. The number of rotatable bonds is 0. The summed E-state index contributed by atoms with van der Waals surface area (Å²) in [5, 5.41) is 0. The van der Waals surface area contributed by atoms with Crippen LogP contribution in [-0.2, 0) is 10.8 Å². The van der Waals surface area contributed by atoms with E-state index < -0.39 is 0 Å². The van der Waals surface area contributed by atoms with E-state index in [1.54, 1.807) is 11.1 Å². The predicted octanol–water partition coefficient (Wildman–Crippen LogP) is 7.06. The van der Waals surface area contributed by atoms with Crippen LogP contribution in [0.5, 0.6) is 0 Å². The van der Waals surface area contributed by atoms with E-state index in [9.17, 15) is 0 Å². The quantitative estimate of drug-likeness (QED) is 0.377. The molecule has 0 fully saturated rings. The van der Waals surface area contributed by atoms with Crippen LogP contribution < -0.4 is 0 Å². The van der Waals surface area contributed by atoms with Crippen LogP contribution in [0, 0.1) is 13.8 Å². The van der Waals surface area contributed by atoms with Gasteiger partial charge in [-0.25, -0.2) is 0 Å². The number of fused-ring (bicyclic) bond motifs is 7. The molecule has 0 bridgehead atoms. The van der Waals surface area contributed by atoms with Crippen molar-refractivity contribution >= 4 is 15.9 Å². The molecule has 3 aromatic carbocycles. The van der Waals surface area contributed by atoms with E-state index in [1.807, 2.05) is 0 Å². The number of aryl methyl sites for hydroxylation is 2. The lowest BCUT2D eigenvalue weighted by Gasteiger charge is -2.31. The topological polar surface area (TPSA) is 0 Å². The van der Waals surface area contributed by atoms with Gasteiger partial charge in [0.05, 0.1) is 0 Å². The SMILES string of the molecule is Cc1ccc(C)c2c1C(C)(C)CC21c2ccccc2-c2ccc(Br)cc21. The van der Waals surface area contributed by atoms with Crippen molar-refractivity contribution in [3.63, 3.8) is 0 Å². The van der Waals surface area contributed by atoms with Gasteiger partial charge < -0.3 is 0 Å². The summed E-state index contributed by atoms with van der Waals surface area (Å²) in [6.45, 7) is 9.42. The lowest BCUT2D eigenvalue weighted by molar-refractivity contribution is 0.448. The van der Waals surface area contributed by atoms with E-state index in [0.717, 1.165) is 6.42 Å². The van der Waals surface area contributed by atoms with Crippen molar-refractivity contribution in [1.29, 1.82) is 0 Å². The molecule has 3 aromatic rings. The second-order valence-corrected chi connectivity index (χ2v) is 9.57. The van der Waals surface area contributed by atoms with E-state index in [-0.39, 0.29) is 10.8 Å². The van der Waals surface area contributed by atoms with Crippen molar-refractivity contribution in [2.24, 2.45) is 0 Å². The lowest BCUT2D eigenvalue weighted by atomic mass is 9.70. The summed E-state index contributed by atoms with van der Waals surface area (Å²) in [4.78, 5) is 0. The van der Waals surface area contributed by atoms with Gasteiger partial charge in [-0.15, -0.1) is 0 Å². The van der Waals surface area contributed by atoms with E-state index in [1.165, 1.54) is 37.9 Å². The summed E-state index contributed by atoms with van der Waals surface area (Å²) in [6.07, 6.45) is 1.13. The van der Waals surface area contributed by atoms with E-state index in [2.05, 4.69) is 98.2 Å². The van der Waals surface area contributed by atoms with Gasteiger partial charge in [0.1, 0.15) is 0 Å². The molecule has 0 nitrogen and oxygen atoms in total. The van der Waals surface area contributed by atoms with Gasteiger partial charge in [-0.3, -0.25) is 0 Å². The first kappa shape index (κ1) is 16.3. The van der Waals surface area contributed by atoms with E-state index in [4.69, 9.17) is 0 Å². The normalized spacial score (nSPS) is 21.6. The number of hydrogen-bond donors (Lipinski definition) is 0. The molecule has 130 valence electrons. The first-order valence-electron chi connectivity index (χ1n) is 9.37. The fraction of sp³-hybridized carbons (Fsp3) is 0.280. The summed E-state index contributed by atoms with van der Waals surface area (Å²) in [6, 6.07) is 20.5. The Hall–Kier alpha value is -1.86. The minimum atomic E-state index is -0.0371. The van der Waals surface area contributed by atoms with Gasteiger partial charge in [0.25, 0.3) is 0 Å². The summed E-state index contributed by atoms with van der Waals surface area (Å²) < 4.78 is 1.17. The zero-order valence-corrected chi connectivity index (χ0v) is 17.4. The summed E-state index contributed by atoms with van der Waals surface area (Å²) in [7, 11) is 0. The van der Waals surface area contributed by atoms with E-state index in [0.29, 0.717) is 0 Å². The van der Waals surface area contributed by atoms with Gasteiger partial charge in [0.2, 0.25) is 0 Å². The highest BCUT2D eigenvalue weighted by Crippen LogP contribution is 2.64. The molecule has 0 N–H and O–H groups in total. The fourth-order valence-corrected chi connectivity index (χ4v) is 6.23. The third kappa shape index (κ3) is 1.85. The number of halogens is 1. The molecule has 0 saturated heterocycles. The van der Waals surface area contributed by atoms with Crippen molar-refractivity contribution < 1.29 is 0 Å². The van der Waals surface area contributed by atoms with Gasteiger partial charge in [-0.1, -0.05) is 72.2 Å². The molecule has 0 aliphatic heterocycles. The highest BCUT2D eigenvalue weighted by molar-refractivity contribution is 9.10. The maximum absolute atomic E-state index is 3.74. The Kier molecular flexibility index (Phi) is 3.20. The molecule has 5 rings (SSSR count). The Morgan fingerprint density at radius 1 is 0.769 bits per heavy atom. The van der Waals surface area contributed by atoms with Crippen molar-refractivity contribution in [3.05, 3.63) is 92.5 Å². The van der Waals surface area contributed by atoms with Crippen LogP contribution in [0.25, 0.3) is 11.1 Å². The van der Waals surface area contributed by atoms with E-state index >= 15 is 0 Å². The monoisotopic (exact) mass is 402 g/mol. The molecule has 1 unspecified atom stereocenters. The van der Waals surface area contributed by atoms with Crippen molar-refractivity contribution in [2.75, 3.05) is 0 Å². The van der Waals surface area contributed by atoms with Gasteiger partial charge in [-0.2, -0.15) is 0 Å². The maximum Gasteiger partial charge on any atom is 0.0477 e. The van der Waals surface area contributed by atoms with Crippen LogP contribution in [-0.4, -0.2) is 0 Å². The molecule has 26 heavy (non-hydrogen) atoms. The first-order chi connectivity index (χ1) is 12.4. The van der Waals surface area contributed by atoms with Crippen molar-refractivity contribution in [2.45, 2.75) is 44.9 Å². The molecule has 1 spiro atoms. The molecule has 2 aliphatic carbocycles. The molecule has 2 aliphatic rings. The molecular formula is C25H23Br. The largest absolute Gasteiger partial charge is 0.0619 e. The average molecular weight is 403 g/mol. The molecule has 0 aromatic heterocycles. The molecule has 1 atom stereocenters. The van der Waals surface area contributed by atoms with Crippen molar-refractivity contribution in [3.8, 4) is 11.1 Å². The van der Waals surface area contributed by atoms with Crippen LogP contribution in [0.1, 0.15) is 53.6 Å². The van der Waals surface area contributed by atoms with Crippen LogP contribution in [0.3, 0.4) is 0 Å². The van der Waals surface area contributed by atoms with Crippen LogP contribution in [0.15, 0.2) is 59.1 Å². The first-order valence-corrected chi connectivity index (χ1v) is 10.2. The Labute approximate surface area is 164 Å². The molecule has 1 heteroatoms. The highest BCUT2D eigenvalue weighted by Gasteiger charge is 2.55. The maximum atomic E-state index is 3.74. The highest BCUT2D eigenvalue weighted by atomic mass is 79.9. The molecular weight excluding hydrogens is 380 g/mol. The summed E-state index contributed by atoms with van der Waals surface area (Å²) >= 11 is 3.74. The molecule has 0 amide bonds. The minimum Gasteiger partial charge on any atom is -0.0619 e. The molecule has 0 saturated carbocycles. The lowest BCUT2D eigenvalue weighted by Crippen LogP contribution is -2.27. The fourth-order valence-electron chi connectivity index (χ4n) is 5.87. The summed E-state index contributed by atoms with van der Waals surface area (Å²) in [5.74, 6) is 0.